The van der Waals surface area contributed by atoms with Crippen LogP contribution in [0.2, 0.25) is 0 Å². The first-order chi connectivity index (χ1) is 13.1. The van der Waals surface area contributed by atoms with Crippen LogP contribution in [0, 0.1) is 0 Å². The lowest BCUT2D eigenvalue weighted by atomic mass is 10.0. The van der Waals surface area contributed by atoms with Crippen LogP contribution >= 0.6 is 0 Å². The molecule has 0 fully saturated rings. The van der Waals surface area contributed by atoms with E-state index in [2.05, 4.69) is 0 Å². The van der Waals surface area contributed by atoms with Crippen molar-refractivity contribution < 1.29 is 23.7 Å². The molecule has 0 N–H and O–H groups in total. The summed E-state index contributed by atoms with van der Waals surface area (Å²) >= 11 is 0. The molecule has 0 spiro atoms. The lowest BCUT2D eigenvalue weighted by Crippen LogP contribution is -2.19. The van der Waals surface area contributed by atoms with Crippen LogP contribution in [0.3, 0.4) is 0 Å². The van der Waals surface area contributed by atoms with Gasteiger partial charge in [-0.15, -0.1) is 0 Å². The lowest BCUT2D eigenvalue weighted by Gasteiger charge is -2.21. The Hall–Kier alpha value is -3.15. The van der Waals surface area contributed by atoms with E-state index < -0.39 is 0 Å². The molecule has 0 unspecified atom stereocenters. The number of carbonyl (C=O) groups excluding carboxylic acids is 1. The molecule has 0 aliphatic carbocycles. The van der Waals surface area contributed by atoms with Crippen molar-refractivity contribution in [1.29, 1.82) is 0 Å². The molecule has 27 heavy (non-hydrogen) atoms. The average Bonchev–Trinajstić information content (AvgIpc) is 3.07. The predicted octanol–water partition coefficient (Wildman–Crippen LogP) is 3.20. The van der Waals surface area contributed by atoms with E-state index in [-0.39, 0.29) is 12.6 Å². The molecule has 0 aromatic heterocycles. The van der Waals surface area contributed by atoms with Crippen molar-refractivity contribution in [2.75, 3.05) is 39.9 Å². The molecule has 0 bridgehead atoms. The number of esters is 1. The number of para-hydroxylation sites is 1. The SMILES string of the molecule is COc1cc(CC2=C(N(C)c3ccccc3)COC2=O)cc(OC)c1OC. The second-order valence-electron chi connectivity index (χ2n) is 6.11. The number of carbonyl (C=O) groups is 1. The Morgan fingerprint density at radius 1 is 1.00 bits per heavy atom. The Balaban J connectivity index is 1.98. The van der Waals surface area contributed by atoms with E-state index in [0.29, 0.717) is 29.2 Å². The number of ether oxygens (including phenoxy) is 4. The third-order valence-electron chi connectivity index (χ3n) is 4.59. The minimum atomic E-state index is -0.304. The standard InChI is InChI=1S/C21H23NO5/c1-22(15-8-6-5-7-9-15)17-13-27-21(23)16(17)10-14-11-18(24-2)20(26-4)19(12-14)25-3/h5-9,11-12H,10,13H2,1-4H3. The van der Waals surface area contributed by atoms with Crippen molar-refractivity contribution in [2.45, 2.75) is 6.42 Å². The Labute approximate surface area is 158 Å². The Kier molecular flexibility index (Phi) is 5.54. The van der Waals surface area contributed by atoms with Crippen molar-refractivity contribution in [1.82, 2.24) is 0 Å². The molecule has 1 aliphatic rings. The zero-order chi connectivity index (χ0) is 19.4. The number of rotatable bonds is 7. The van der Waals surface area contributed by atoms with Crippen molar-refractivity contribution in [3.05, 3.63) is 59.3 Å². The molecule has 3 rings (SSSR count). The molecule has 0 saturated carbocycles. The monoisotopic (exact) mass is 369 g/mol. The summed E-state index contributed by atoms with van der Waals surface area (Å²) in [5, 5.41) is 0. The van der Waals surface area contributed by atoms with Crippen LogP contribution in [0.15, 0.2) is 53.7 Å². The normalized spacial score (nSPS) is 13.4. The van der Waals surface area contributed by atoms with Crippen molar-refractivity contribution in [2.24, 2.45) is 0 Å². The summed E-state index contributed by atoms with van der Waals surface area (Å²) in [5.74, 6) is 1.32. The van der Waals surface area contributed by atoms with Crippen LogP contribution in [0.1, 0.15) is 5.56 Å². The first-order valence-electron chi connectivity index (χ1n) is 8.55. The number of nitrogens with zero attached hydrogens (tertiary/aromatic N) is 1. The summed E-state index contributed by atoms with van der Waals surface area (Å²) in [7, 11) is 6.63. The first-order valence-corrected chi connectivity index (χ1v) is 8.55. The molecule has 6 nitrogen and oxygen atoms in total. The van der Waals surface area contributed by atoms with Gasteiger partial charge in [0.25, 0.3) is 0 Å². The predicted molar refractivity (Wildman–Crippen MR) is 103 cm³/mol. The van der Waals surface area contributed by atoms with Gasteiger partial charge in [0.15, 0.2) is 11.5 Å². The highest BCUT2D eigenvalue weighted by molar-refractivity contribution is 5.93. The third kappa shape index (κ3) is 3.69. The number of methoxy groups -OCH3 is 3. The summed E-state index contributed by atoms with van der Waals surface area (Å²) in [6.07, 6.45) is 0.405. The van der Waals surface area contributed by atoms with Crippen LogP contribution < -0.4 is 19.1 Å². The fourth-order valence-corrected chi connectivity index (χ4v) is 3.15. The largest absolute Gasteiger partial charge is 0.493 e. The van der Waals surface area contributed by atoms with E-state index in [1.165, 1.54) is 0 Å². The van der Waals surface area contributed by atoms with Gasteiger partial charge in [-0.2, -0.15) is 0 Å². The fourth-order valence-electron chi connectivity index (χ4n) is 3.15. The topological polar surface area (TPSA) is 57.2 Å². The summed E-state index contributed by atoms with van der Waals surface area (Å²) in [5.41, 5.74) is 3.33. The van der Waals surface area contributed by atoms with Crippen LogP contribution in [-0.4, -0.2) is 41.0 Å². The summed E-state index contributed by atoms with van der Waals surface area (Å²) < 4.78 is 21.5. The maximum Gasteiger partial charge on any atom is 0.336 e. The fraction of sp³-hybridized carbons (Fsp3) is 0.286. The molecule has 1 aliphatic heterocycles. The minimum Gasteiger partial charge on any atom is -0.493 e. The second kappa shape index (κ2) is 8.03. The molecule has 2 aromatic carbocycles. The highest BCUT2D eigenvalue weighted by Crippen LogP contribution is 2.39. The van der Waals surface area contributed by atoms with E-state index in [9.17, 15) is 4.79 Å². The van der Waals surface area contributed by atoms with Gasteiger partial charge in [-0.25, -0.2) is 4.79 Å². The molecule has 1 heterocycles. The van der Waals surface area contributed by atoms with Gasteiger partial charge >= 0.3 is 5.97 Å². The van der Waals surface area contributed by atoms with Crippen LogP contribution in [0.4, 0.5) is 5.69 Å². The van der Waals surface area contributed by atoms with E-state index in [4.69, 9.17) is 18.9 Å². The average molecular weight is 369 g/mol. The van der Waals surface area contributed by atoms with Crippen molar-refractivity contribution in [3.63, 3.8) is 0 Å². The van der Waals surface area contributed by atoms with E-state index in [1.807, 2.05) is 54.4 Å². The second-order valence-corrected chi connectivity index (χ2v) is 6.11. The number of cyclic esters (lactones) is 1. The number of likely N-dealkylation sites (N-methyl/N-ethyl adjacent to an activating group) is 1. The smallest absolute Gasteiger partial charge is 0.336 e. The van der Waals surface area contributed by atoms with Crippen LogP contribution in [0.5, 0.6) is 17.2 Å². The van der Waals surface area contributed by atoms with Crippen molar-refractivity contribution in [3.8, 4) is 17.2 Å². The van der Waals surface area contributed by atoms with Gasteiger partial charge in [0, 0.05) is 19.2 Å². The van der Waals surface area contributed by atoms with E-state index >= 15 is 0 Å². The first kappa shape index (κ1) is 18.6. The zero-order valence-corrected chi connectivity index (χ0v) is 15.9. The molecule has 0 amide bonds. The molecule has 6 heteroatoms. The molecular formula is C21H23NO5. The molecule has 142 valence electrons. The highest BCUT2D eigenvalue weighted by atomic mass is 16.5. The number of benzene rings is 2. The van der Waals surface area contributed by atoms with Crippen molar-refractivity contribution >= 4 is 11.7 Å². The maximum absolute atomic E-state index is 12.4. The summed E-state index contributed by atoms with van der Waals surface area (Å²) in [6, 6.07) is 13.6. The van der Waals surface area contributed by atoms with Gasteiger partial charge in [0.1, 0.15) is 6.61 Å². The third-order valence-corrected chi connectivity index (χ3v) is 4.59. The zero-order valence-electron chi connectivity index (χ0n) is 15.9. The molecule has 0 atom stereocenters. The maximum atomic E-state index is 12.4. The lowest BCUT2D eigenvalue weighted by molar-refractivity contribution is -0.136. The van der Waals surface area contributed by atoms with E-state index in [0.717, 1.165) is 16.9 Å². The molecule has 0 radical (unpaired) electrons. The summed E-state index contributed by atoms with van der Waals surface area (Å²) in [4.78, 5) is 14.3. The quantitative estimate of drug-likeness (QED) is 0.699. The Bertz CT molecular complexity index is 835. The minimum absolute atomic E-state index is 0.254. The van der Waals surface area contributed by atoms with Gasteiger partial charge in [0.05, 0.1) is 32.6 Å². The van der Waals surface area contributed by atoms with Gasteiger partial charge < -0.3 is 23.8 Å². The molecular weight excluding hydrogens is 346 g/mol. The molecule has 2 aromatic rings. The van der Waals surface area contributed by atoms with Crippen LogP contribution in [-0.2, 0) is 16.0 Å². The number of anilines is 1. The Morgan fingerprint density at radius 3 is 2.19 bits per heavy atom. The Morgan fingerprint density at radius 2 is 1.63 bits per heavy atom. The number of hydrogen-bond donors (Lipinski definition) is 0. The van der Waals surface area contributed by atoms with Gasteiger partial charge in [-0.3, -0.25) is 0 Å². The summed E-state index contributed by atoms with van der Waals surface area (Å²) in [6.45, 7) is 0.254. The van der Waals surface area contributed by atoms with Gasteiger partial charge in [-0.1, -0.05) is 18.2 Å². The molecule has 0 saturated heterocycles. The van der Waals surface area contributed by atoms with E-state index in [1.54, 1.807) is 21.3 Å². The number of hydrogen-bond acceptors (Lipinski definition) is 6. The van der Waals surface area contributed by atoms with Gasteiger partial charge in [-0.05, 0) is 29.8 Å². The van der Waals surface area contributed by atoms with Gasteiger partial charge in [0.2, 0.25) is 5.75 Å². The highest BCUT2D eigenvalue weighted by Gasteiger charge is 2.28. The van der Waals surface area contributed by atoms with Crippen LogP contribution in [0.25, 0.3) is 0 Å².